The number of aromatic nitrogens is 3. The fourth-order valence-corrected chi connectivity index (χ4v) is 5.93. The maximum Gasteiger partial charge on any atom is 0.333 e. The quantitative estimate of drug-likeness (QED) is 0.355. The molecule has 0 saturated heterocycles. The first-order valence-corrected chi connectivity index (χ1v) is 12.8. The molecule has 4 N–H and O–H groups in total. The van der Waals surface area contributed by atoms with Crippen molar-refractivity contribution in [1.29, 1.82) is 0 Å². The molecule has 2 aliphatic rings. The smallest absolute Gasteiger partial charge is 0.333 e. The molecule has 182 valence electrons. The summed E-state index contributed by atoms with van der Waals surface area (Å²) < 4.78 is 40.6. The van der Waals surface area contributed by atoms with Gasteiger partial charge >= 0.3 is 10.3 Å². The molecule has 1 fully saturated rings. The van der Waals surface area contributed by atoms with Gasteiger partial charge in [-0.05, 0) is 36.5 Å². The van der Waals surface area contributed by atoms with Crippen LogP contribution in [0.25, 0.3) is 11.0 Å². The van der Waals surface area contributed by atoms with Crippen molar-refractivity contribution in [1.82, 2.24) is 19.3 Å². The minimum atomic E-state index is -4.29. The summed E-state index contributed by atoms with van der Waals surface area (Å²) in [7, 11) is -2.57. The van der Waals surface area contributed by atoms with Gasteiger partial charge in [-0.3, -0.25) is 4.55 Å². The number of aliphatic hydroxyl groups is 1. The van der Waals surface area contributed by atoms with Crippen LogP contribution in [0.4, 0.5) is 5.82 Å². The highest BCUT2D eigenvalue weighted by molar-refractivity contribution is 7.83. The standard InChI is InChI=1S/C23H29N5O5S/c1-33-12-16-8-14-4-2-3-5-18(14)21(16)27-22-19-6-7-28(23(19)25-13-24-22)17-9-15(20(29)10-17)11-26-34(30,31)32/h2-7,13,15-17,20-21,26,29H,8-12H2,1H3,(H,24,25,27)(H,30,31,32)/t15-,16-,17+,20-,21+/m1/s1. The number of nitrogens with zero attached hydrogens (tertiary/aromatic N) is 3. The van der Waals surface area contributed by atoms with Gasteiger partial charge in [0, 0.05) is 37.7 Å². The Morgan fingerprint density at radius 3 is 2.79 bits per heavy atom. The van der Waals surface area contributed by atoms with Crippen LogP contribution in [0.3, 0.4) is 0 Å². The van der Waals surface area contributed by atoms with Crippen molar-refractivity contribution in [3.8, 4) is 0 Å². The van der Waals surface area contributed by atoms with Crippen LogP contribution in [0.5, 0.6) is 0 Å². The second-order valence-electron chi connectivity index (χ2n) is 9.20. The number of aliphatic hydroxyl groups excluding tert-OH is 1. The van der Waals surface area contributed by atoms with Crippen LogP contribution in [0, 0.1) is 11.8 Å². The molecule has 0 amide bonds. The molecule has 0 aliphatic heterocycles. The van der Waals surface area contributed by atoms with E-state index in [9.17, 15) is 13.5 Å². The molecule has 11 heteroatoms. The summed E-state index contributed by atoms with van der Waals surface area (Å²) in [4.78, 5) is 9.04. The highest BCUT2D eigenvalue weighted by Gasteiger charge is 2.36. The number of hydrogen-bond donors (Lipinski definition) is 4. The van der Waals surface area contributed by atoms with Crippen LogP contribution >= 0.6 is 0 Å². The number of anilines is 1. The van der Waals surface area contributed by atoms with Crippen molar-refractivity contribution in [2.24, 2.45) is 11.8 Å². The van der Waals surface area contributed by atoms with E-state index in [2.05, 4.69) is 38.2 Å². The zero-order valence-electron chi connectivity index (χ0n) is 18.8. The van der Waals surface area contributed by atoms with E-state index < -0.39 is 16.4 Å². The molecule has 0 spiro atoms. The number of hydrogen-bond acceptors (Lipinski definition) is 7. The number of ether oxygens (including phenoxy) is 1. The van der Waals surface area contributed by atoms with Gasteiger partial charge in [-0.15, -0.1) is 0 Å². The molecule has 0 unspecified atom stereocenters. The van der Waals surface area contributed by atoms with Crippen molar-refractivity contribution in [3.63, 3.8) is 0 Å². The van der Waals surface area contributed by atoms with E-state index in [1.807, 2.05) is 22.9 Å². The molecule has 5 atom stereocenters. The summed E-state index contributed by atoms with van der Waals surface area (Å²) in [6.45, 7) is 0.625. The van der Waals surface area contributed by atoms with Crippen molar-refractivity contribution in [2.45, 2.75) is 37.5 Å². The van der Waals surface area contributed by atoms with Gasteiger partial charge in [0.25, 0.3) is 0 Å². The van der Waals surface area contributed by atoms with Crippen molar-refractivity contribution in [2.75, 3.05) is 25.6 Å². The summed E-state index contributed by atoms with van der Waals surface area (Å²) in [6.07, 6.45) is 4.77. The fraction of sp³-hybridized carbons (Fsp3) is 0.478. The lowest BCUT2D eigenvalue weighted by Gasteiger charge is -2.22. The number of rotatable bonds is 8. The average Bonchev–Trinajstić information content (AvgIpc) is 3.48. The Morgan fingerprint density at radius 2 is 2.00 bits per heavy atom. The maximum atomic E-state index is 11.0. The maximum absolute atomic E-state index is 11.0. The molecule has 0 radical (unpaired) electrons. The Kier molecular flexibility index (Phi) is 6.30. The second kappa shape index (κ2) is 9.23. The van der Waals surface area contributed by atoms with Crippen LogP contribution < -0.4 is 10.0 Å². The third kappa shape index (κ3) is 4.53. The van der Waals surface area contributed by atoms with Gasteiger partial charge in [0.2, 0.25) is 0 Å². The largest absolute Gasteiger partial charge is 0.393 e. The number of benzene rings is 1. The van der Waals surface area contributed by atoms with Crippen LogP contribution in [-0.2, 0) is 21.5 Å². The monoisotopic (exact) mass is 487 g/mol. The molecule has 2 aliphatic carbocycles. The third-order valence-electron chi connectivity index (χ3n) is 7.08. The Hall–Kier alpha value is -2.57. The Morgan fingerprint density at radius 1 is 1.18 bits per heavy atom. The van der Waals surface area contributed by atoms with Crippen LogP contribution in [0.2, 0.25) is 0 Å². The zero-order chi connectivity index (χ0) is 23.9. The first-order chi connectivity index (χ1) is 16.3. The van der Waals surface area contributed by atoms with E-state index in [1.54, 1.807) is 7.11 Å². The second-order valence-corrected chi connectivity index (χ2v) is 10.4. The molecule has 3 aromatic rings. The SMILES string of the molecule is COC[C@H]1Cc2ccccc2[C@H]1Nc1ncnc2c1ccn2[C@H]1C[C@H](CNS(=O)(=O)O)[C@H](O)C1. The lowest BCUT2D eigenvalue weighted by molar-refractivity contribution is 0.133. The number of methoxy groups -OCH3 is 1. The van der Waals surface area contributed by atoms with E-state index in [0.29, 0.717) is 19.4 Å². The Bertz CT molecular complexity index is 1280. The van der Waals surface area contributed by atoms with Crippen LogP contribution in [0.1, 0.15) is 36.1 Å². The lowest BCUT2D eigenvalue weighted by atomic mass is 10.0. The molecule has 0 bridgehead atoms. The van der Waals surface area contributed by atoms with Gasteiger partial charge in [-0.2, -0.15) is 13.1 Å². The molecule has 2 aromatic heterocycles. The molecule has 1 saturated carbocycles. The van der Waals surface area contributed by atoms with E-state index in [0.717, 1.165) is 23.3 Å². The molecular weight excluding hydrogens is 458 g/mol. The first kappa shape index (κ1) is 23.2. The third-order valence-corrected chi connectivity index (χ3v) is 7.61. The summed E-state index contributed by atoms with van der Waals surface area (Å²) in [5.74, 6) is 0.735. The fourth-order valence-electron chi connectivity index (χ4n) is 5.50. The van der Waals surface area contributed by atoms with E-state index in [-0.39, 0.29) is 30.5 Å². The lowest BCUT2D eigenvalue weighted by Crippen LogP contribution is -2.31. The zero-order valence-corrected chi connectivity index (χ0v) is 19.6. The highest BCUT2D eigenvalue weighted by Crippen LogP contribution is 2.41. The van der Waals surface area contributed by atoms with Crippen molar-refractivity contribution in [3.05, 3.63) is 54.0 Å². The summed E-state index contributed by atoms with van der Waals surface area (Å²) >= 11 is 0. The Balaban J connectivity index is 1.39. The van der Waals surface area contributed by atoms with E-state index in [1.165, 1.54) is 17.5 Å². The summed E-state index contributed by atoms with van der Waals surface area (Å²) in [5.41, 5.74) is 3.32. The highest BCUT2D eigenvalue weighted by atomic mass is 32.2. The predicted molar refractivity (Wildman–Crippen MR) is 127 cm³/mol. The number of nitrogens with one attached hydrogen (secondary N) is 2. The van der Waals surface area contributed by atoms with E-state index in [4.69, 9.17) is 9.29 Å². The molecule has 10 nitrogen and oxygen atoms in total. The number of fused-ring (bicyclic) bond motifs is 2. The van der Waals surface area contributed by atoms with Crippen molar-refractivity contribution < 1.29 is 22.8 Å². The van der Waals surface area contributed by atoms with Gasteiger partial charge < -0.3 is 19.7 Å². The normalized spacial score (nSPS) is 26.7. The molecule has 1 aromatic carbocycles. The minimum absolute atomic E-state index is 0.0144. The van der Waals surface area contributed by atoms with Gasteiger partial charge in [-0.25, -0.2) is 9.97 Å². The molecule has 5 rings (SSSR count). The van der Waals surface area contributed by atoms with Gasteiger partial charge in [0.15, 0.2) is 0 Å². The van der Waals surface area contributed by atoms with Gasteiger partial charge in [0.1, 0.15) is 17.8 Å². The Labute approximate surface area is 198 Å². The molecular formula is C23H29N5O5S. The van der Waals surface area contributed by atoms with E-state index >= 15 is 0 Å². The minimum Gasteiger partial charge on any atom is -0.393 e. The summed E-state index contributed by atoms with van der Waals surface area (Å²) in [5, 5.41) is 15.0. The van der Waals surface area contributed by atoms with Crippen LogP contribution in [-0.4, -0.2) is 59.0 Å². The molecule has 2 heterocycles. The van der Waals surface area contributed by atoms with Gasteiger partial charge in [-0.1, -0.05) is 24.3 Å². The predicted octanol–water partition coefficient (Wildman–Crippen LogP) is 2.11. The van der Waals surface area contributed by atoms with Crippen molar-refractivity contribution >= 4 is 27.2 Å². The average molecular weight is 488 g/mol. The van der Waals surface area contributed by atoms with Gasteiger partial charge in [0.05, 0.1) is 24.1 Å². The summed E-state index contributed by atoms with van der Waals surface area (Å²) in [6, 6.07) is 10.4. The molecule has 34 heavy (non-hydrogen) atoms. The topological polar surface area (TPSA) is 139 Å². The first-order valence-electron chi connectivity index (χ1n) is 11.4. The van der Waals surface area contributed by atoms with Crippen LogP contribution in [0.15, 0.2) is 42.9 Å².